The first-order valence-electron chi connectivity index (χ1n) is 9.81. The molecule has 0 aliphatic carbocycles. The third kappa shape index (κ3) is 5.39. The van der Waals surface area contributed by atoms with E-state index in [0.717, 1.165) is 11.1 Å². The third-order valence-electron chi connectivity index (χ3n) is 4.85. The summed E-state index contributed by atoms with van der Waals surface area (Å²) < 4.78 is 13.2. The van der Waals surface area contributed by atoms with Gasteiger partial charge in [-0.2, -0.15) is 0 Å². The number of aromatic nitrogens is 2. The molecule has 2 aromatic carbocycles. The van der Waals surface area contributed by atoms with Gasteiger partial charge in [0.25, 0.3) is 5.91 Å². The molecular formula is C23H26FN5O. The normalized spacial score (nSPS) is 11.2. The molecule has 0 fully saturated rings. The van der Waals surface area contributed by atoms with Crippen LogP contribution in [-0.4, -0.2) is 35.7 Å². The van der Waals surface area contributed by atoms with Gasteiger partial charge in [0.05, 0.1) is 5.69 Å². The molecule has 0 radical (unpaired) electrons. The Morgan fingerprint density at radius 1 is 1.07 bits per heavy atom. The molecule has 0 aliphatic rings. The molecule has 1 amide bonds. The van der Waals surface area contributed by atoms with Crippen LogP contribution in [0.4, 0.5) is 10.2 Å². The lowest BCUT2D eigenvalue weighted by Crippen LogP contribution is -2.28. The zero-order valence-electron chi connectivity index (χ0n) is 17.2. The molecule has 1 heterocycles. The summed E-state index contributed by atoms with van der Waals surface area (Å²) in [4.78, 5) is 12.1. The molecule has 1 aromatic heterocycles. The average Bonchev–Trinajstić information content (AvgIpc) is 2.77. The summed E-state index contributed by atoms with van der Waals surface area (Å²) in [5.74, 6) is 0.229. The molecule has 30 heavy (non-hydrogen) atoms. The fourth-order valence-electron chi connectivity index (χ4n) is 3.00. The van der Waals surface area contributed by atoms with E-state index in [0.29, 0.717) is 36.7 Å². The van der Waals surface area contributed by atoms with E-state index < -0.39 is 0 Å². The lowest BCUT2D eigenvalue weighted by atomic mass is 9.84. The van der Waals surface area contributed by atoms with Crippen molar-refractivity contribution in [3.63, 3.8) is 0 Å². The minimum Gasteiger partial charge on any atom is -0.368 e. The Morgan fingerprint density at radius 3 is 2.50 bits per heavy atom. The van der Waals surface area contributed by atoms with Gasteiger partial charge in [-0.05, 0) is 42.0 Å². The molecule has 0 spiro atoms. The van der Waals surface area contributed by atoms with E-state index >= 15 is 0 Å². The molecule has 6 nitrogen and oxygen atoms in total. The highest BCUT2D eigenvalue weighted by atomic mass is 19.1. The van der Waals surface area contributed by atoms with Crippen molar-refractivity contribution >= 4 is 11.7 Å². The van der Waals surface area contributed by atoms with Crippen molar-refractivity contribution < 1.29 is 9.18 Å². The number of hydrogen-bond acceptors (Lipinski definition) is 5. The van der Waals surface area contributed by atoms with Crippen LogP contribution in [0.15, 0.2) is 60.7 Å². The highest BCUT2D eigenvalue weighted by Gasteiger charge is 2.20. The zero-order valence-corrected chi connectivity index (χ0v) is 17.2. The second-order valence-corrected chi connectivity index (χ2v) is 7.67. The topological polar surface area (TPSA) is 92.9 Å². The first-order valence-corrected chi connectivity index (χ1v) is 9.81. The minimum atomic E-state index is -0.245. The number of nitrogens with one attached hydrogen (secondary N) is 2. The molecule has 0 atom stereocenters. The summed E-state index contributed by atoms with van der Waals surface area (Å²) in [6, 6.07) is 17.5. The van der Waals surface area contributed by atoms with E-state index in [1.807, 2.05) is 24.3 Å². The van der Waals surface area contributed by atoms with Crippen LogP contribution in [0.5, 0.6) is 0 Å². The molecule has 7 heteroatoms. The maximum absolute atomic E-state index is 13.2. The minimum absolute atomic E-state index is 0.170. The Hall–Kier alpha value is -3.32. The Balaban J connectivity index is 1.66. The summed E-state index contributed by atoms with van der Waals surface area (Å²) in [5.41, 5.74) is 8.28. The van der Waals surface area contributed by atoms with Gasteiger partial charge in [0.15, 0.2) is 0 Å². The second kappa shape index (κ2) is 9.45. The highest BCUT2D eigenvalue weighted by molar-refractivity contribution is 5.95. The number of benzene rings is 2. The van der Waals surface area contributed by atoms with Crippen molar-refractivity contribution in [2.45, 2.75) is 19.3 Å². The number of carbonyl (C=O) groups is 1. The average molecular weight is 407 g/mol. The van der Waals surface area contributed by atoms with Crippen molar-refractivity contribution in [2.24, 2.45) is 5.73 Å². The molecule has 156 valence electrons. The van der Waals surface area contributed by atoms with Crippen molar-refractivity contribution in [1.29, 1.82) is 0 Å². The number of nitrogens with two attached hydrogens (primary N) is 1. The fourth-order valence-corrected chi connectivity index (χ4v) is 3.00. The Kier molecular flexibility index (Phi) is 6.74. The molecule has 0 saturated heterocycles. The van der Waals surface area contributed by atoms with Gasteiger partial charge in [-0.1, -0.05) is 38.1 Å². The maximum atomic E-state index is 13.2. The van der Waals surface area contributed by atoms with Crippen LogP contribution < -0.4 is 16.4 Å². The van der Waals surface area contributed by atoms with Crippen LogP contribution in [0.25, 0.3) is 11.3 Å². The second-order valence-electron chi connectivity index (χ2n) is 7.67. The summed E-state index contributed by atoms with van der Waals surface area (Å²) in [7, 11) is 0. The van der Waals surface area contributed by atoms with Crippen LogP contribution >= 0.6 is 0 Å². The van der Waals surface area contributed by atoms with Crippen molar-refractivity contribution in [2.75, 3.05) is 25.0 Å². The number of hydrogen-bond donors (Lipinski definition) is 3. The quantitative estimate of drug-likeness (QED) is 0.532. The van der Waals surface area contributed by atoms with E-state index in [9.17, 15) is 9.18 Å². The smallest absolute Gasteiger partial charge is 0.251 e. The van der Waals surface area contributed by atoms with Gasteiger partial charge in [0, 0.05) is 36.2 Å². The van der Waals surface area contributed by atoms with E-state index in [4.69, 9.17) is 5.73 Å². The van der Waals surface area contributed by atoms with E-state index in [1.165, 1.54) is 12.1 Å². The number of nitrogens with zero attached hydrogens (tertiary/aromatic N) is 2. The molecular weight excluding hydrogens is 381 g/mol. The lowest BCUT2D eigenvalue weighted by Gasteiger charge is -2.25. The predicted octanol–water partition coefficient (Wildman–Crippen LogP) is 3.36. The number of halogens is 1. The molecule has 0 unspecified atom stereocenters. The van der Waals surface area contributed by atoms with Crippen molar-refractivity contribution in [3.05, 3.63) is 77.6 Å². The molecule has 0 aliphatic heterocycles. The monoisotopic (exact) mass is 407 g/mol. The van der Waals surface area contributed by atoms with E-state index in [1.54, 1.807) is 24.3 Å². The number of rotatable bonds is 8. The summed E-state index contributed by atoms with van der Waals surface area (Å²) in [6.07, 6.45) is 0. The summed E-state index contributed by atoms with van der Waals surface area (Å²) in [6.45, 7) is 5.59. The fraction of sp³-hybridized carbons (Fsp3) is 0.261. The van der Waals surface area contributed by atoms with E-state index in [2.05, 4.69) is 34.7 Å². The largest absolute Gasteiger partial charge is 0.368 e. The van der Waals surface area contributed by atoms with Crippen LogP contribution in [0.1, 0.15) is 29.8 Å². The van der Waals surface area contributed by atoms with Crippen LogP contribution in [0.3, 0.4) is 0 Å². The lowest BCUT2D eigenvalue weighted by molar-refractivity contribution is 0.0955. The highest BCUT2D eigenvalue weighted by Crippen LogP contribution is 2.24. The number of anilines is 1. The zero-order chi connectivity index (χ0) is 21.6. The number of carbonyl (C=O) groups excluding carboxylic acids is 1. The van der Waals surface area contributed by atoms with Gasteiger partial charge in [-0.3, -0.25) is 4.79 Å². The van der Waals surface area contributed by atoms with E-state index in [-0.39, 0.29) is 17.1 Å². The molecule has 3 aromatic rings. The molecule has 3 rings (SSSR count). The first-order chi connectivity index (χ1) is 14.4. The first kappa shape index (κ1) is 21.4. The van der Waals surface area contributed by atoms with Crippen molar-refractivity contribution in [3.8, 4) is 11.3 Å². The standard InChI is InChI=1S/C23H26FN5O/c1-23(2,18-6-8-19(24)9-7-18)15-27-21-11-10-20(28-29-21)16-4-3-5-17(14-16)22(30)26-13-12-25/h3-11,14H,12-13,15,25H2,1-2H3,(H,26,30)(H,27,29). The van der Waals surface area contributed by atoms with Gasteiger partial charge < -0.3 is 16.4 Å². The van der Waals surface area contributed by atoms with Gasteiger partial charge in [0.1, 0.15) is 11.6 Å². The summed E-state index contributed by atoms with van der Waals surface area (Å²) in [5, 5.41) is 14.6. The third-order valence-corrected chi connectivity index (χ3v) is 4.85. The maximum Gasteiger partial charge on any atom is 0.251 e. The van der Waals surface area contributed by atoms with Crippen LogP contribution in [-0.2, 0) is 5.41 Å². The molecule has 0 bridgehead atoms. The van der Waals surface area contributed by atoms with Gasteiger partial charge in [0.2, 0.25) is 0 Å². The SMILES string of the molecule is CC(C)(CNc1ccc(-c2cccc(C(=O)NCCN)c2)nn1)c1ccc(F)cc1. The Labute approximate surface area is 175 Å². The molecule has 4 N–H and O–H groups in total. The Morgan fingerprint density at radius 2 is 1.83 bits per heavy atom. The number of amides is 1. The van der Waals surface area contributed by atoms with Crippen LogP contribution in [0, 0.1) is 5.82 Å². The van der Waals surface area contributed by atoms with Crippen molar-refractivity contribution in [1.82, 2.24) is 15.5 Å². The van der Waals surface area contributed by atoms with Gasteiger partial charge >= 0.3 is 0 Å². The summed E-state index contributed by atoms with van der Waals surface area (Å²) >= 11 is 0. The van der Waals surface area contributed by atoms with Gasteiger partial charge in [-0.15, -0.1) is 10.2 Å². The molecule has 0 saturated carbocycles. The van der Waals surface area contributed by atoms with Gasteiger partial charge in [-0.25, -0.2) is 4.39 Å². The van der Waals surface area contributed by atoms with Crippen LogP contribution in [0.2, 0.25) is 0 Å². The predicted molar refractivity (Wildman–Crippen MR) is 117 cm³/mol. The Bertz CT molecular complexity index is 987.